The maximum absolute atomic E-state index is 13.6. The summed E-state index contributed by atoms with van der Waals surface area (Å²) in [5, 5.41) is 24.7. The molecule has 2 unspecified atom stereocenters. The minimum Gasteiger partial charge on any atom is -0.479 e. The molecule has 0 aliphatic carbocycles. The lowest BCUT2D eigenvalue weighted by Gasteiger charge is -2.27. The topological polar surface area (TPSA) is 203 Å². The molecule has 2 aromatic rings. The molecule has 0 spiro atoms. The molecule has 3 rings (SSSR count). The summed E-state index contributed by atoms with van der Waals surface area (Å²) in [4.78, 5) is 36.8. The molecule has 1 aliphatic rings. The van der Waals surface area contributed by atoms with Gasteiger partial charge in [-0.3, -0.25) is 18.4 Å². The number of carbonyl (C=O) groups is 2. The highest BCUT2D eigenvalue weighted by Crippen LogP contribution is 2.47. The number of esters is 2. The number of aromatic nitrogens is 4. The van der Waals surface area contributed by atoms with Gasteiger partial charge in [0.15, 0.2) is 24.0 Å². The fourth-order valence-electron chi connectivity index (χ4n) is 4.17. The Hall–Kier alpha value is -2.72. The molecule has 0 saturated carbocycles. The zero-order chi connectivity index (χ0) is 29.8. The molecule has 1 saturated heterocycles. The number of fused-ring (bicyclic) bond motifs is 1. The Morgan fingerprint density at radius 3 is 2.52 bits per heavy atom. The maximum atomic E-state index is 13.6. The van der Waals surface area contributed by atoms with Crippen molar-refractivity contribution >= 4 is 30.8 Å². The van der Waals surface area contributed by atoms with E-state index in [1.807, 2.05) is 13.8 Å². The van der Waals surface area contributed by atoms with E-state index in [2.05, 4.69) is 24.8 Å². The van der Waals surface area contributed by atoms with Gasteiger partial charge in [-0.15, -0.1) is 0 Å². The van der Waals surface area contributed by atoms with Gasteiger partial charge in [-0.05, 0) is 26.2 Å². The van der Waals surface area contributed by atoms with Crippen LogP contribution in [-0.4, -0.2) is 100 Å². The number of ether oxygens (including phenoxy) is 4. The number of aryl methyl sites for hydroxylation is 1. The first kappa shape index (κ1) is 31.8. The first-order valence-corrected chi connectivity index (χ1v) is 13.9. The first-order valence-electron chi connectivity index (χ1n) is 12.4. The van der Waals surface area contributed by atoms with Crippen LogP contribution in [0.4, 0.5) is 0 Å². The first-order chi connectivity index (χ1) is 18.8. The van der Waals surface area contributed by atoms with E-state index in [-0.39, 0.29) is 23.9 Å². The molecular formula is C23H36N5O11P. The number of aliphatic hydroxyl groups excluding tert-OH is 1. The molecule has 3 N–H and O–H groups in total. The molecule has 0 aromatic carbocycles. The van der Waals surface area contributed by atoms with Crippen LogP contribution in [0.25, 0.3) is 11.2 Å². The minimum atomic E-state index is -4.40. The summed E-state index contributed by atoms with van der Waals surface area (Å²) in [6.45, 7) is 5.35. The Balaban J connectivity index is 1.85. The predicted molar refractivity (Wildman–Crippen MR) is 137 cm³/mol. The van der Waals surface area contributed by atoms with Gasteiger partial charge < -0.3 is 29.2 Å². The monoisotopic (exact) mass is 589 g/mol. The maximum Gasteiger partial charge on any atom is 0.406 e. The molecule has 224 valence electrons. The van der Waals surface area contributed by atoms with Crippen molar-refractivity contribution in [3.8, 4) is 5.88 Å². The number of hydrogen-bond acceptors (Lipinski definition) is 14. The SMILES string of the molecule is COC(=O)COP(=O)(N[C@@H](CC(C)C)C(=O)OC)OC[C@H]1O[C@@H](n2cnc3c(OC)nc(C)nc32)[C@@](C)(O)C1O. The van der Waals surface area contributed by atoms with Gasteiger partial charge in [0.05, 0.1) is 34.3 Å². The van der Waals surface area contributed by atoms with Crippen molar-refractivity contribution in [2.45, 2.75) is 64.2 Å². The van der Waals surface area contributed by atoms with Crippen molar-refractivity contribution in [1.82, 2.24) is 24.6 Å². The number of nitrogens with zero attached hydrogens (tertiary/aromatic N) is 4. The third-order valence-electron chi connectivity index (χ3n) is 6.20. The highest BCUT2D eigenvalue weighted by Gasteiger charge is 2.54. The van der Waals surface area contributed by atoms with Gasteiger partial charge >= 0.3 is 19.7 Å². The van der Waals surface area contributed by atoms with Crippen molar-refractivity contribution in [3.63, 3.8) is 0 Å². The number of rotatable bonds is 13. The van der Waals surface area contributed by atoms with Crippen molar-refractivity contribution in [2.24, 2.45) is 5.92 Å². The molecule has 0 amide bonds. The van der Waals surface area contributed by atoms with E-state index < -0.39 is 63.0 Å². The van der Waals surface area contributed by atoms with Gasteiger partial charge in [-0.2, -0.15) is 4.98 Å². The molecular weight excluding hydrogens is 553 g/mol. The highest BCUT2D eigenvalue weighted by molar-refractivity contribution is 7.51. The van der Waals surface area contributed by atoms with Crippen LogP contribution >= 0.6 is 7.75 Å². The van der Waals surface area contributed by atoms with Gasteiger partial charge in [0.25, 0.3) is 0 Å². The van der Waals surface area contributed by atoms with E-state index in [9.17, 15) is 24.4 Å². The van der Waals surface area contributed by atoms with Crippen LogP contribution < -0.4 is 9.82 Å². The number of carbonyl (C=O) groups excluding carboxylic acids is 2. The quantitative estimate of drug-likeness (QED) is 0.217. The molecule has 1 fully saturated rings. The summed E-state index contributed by atoms with van der Waals surface area (Å²) in [7, 11) is -0.682. The van der Waals surface area contributed by atoms with E-state index >= 15 is 0 Å². The number of methoxy groups -OCH3 is 3. The summed E-state index contributed by atoms with van der Waals surface area (Å²) >= 11 is 0. The van der Waals surface area contributed by atoms with Crippen molar-refractivity contribution < 1.29 is 52.4 Å². The Morgan fingerprint density at radius 2 is 1.93 bits per heavy atom. The third-order valence-corrected chi connectivity index (χ3v) is 7.78. The summed E-state index contributed by atoms with van der Waals surface area (Å²) in [5.74, 6) is -0.989. The second-order valence-electron chi connectivity index (χ2n) is 9.78. The van der Waals surface area contributed by atoms with Crippen LogP contribution in [0.15, 0.2) is 6.33 Å². The Bertz CT molecular complexity index is 1250. The highest BCUT2D eigenvalue weighted by atomic mass is 31.2. The van der Waals surface area contributed by atoms with E-state index in [4.69, 9.17) is 23.3 Å². The number of aliphatic hydroxyl groups is 2. The fraction of sp³-hybridized carbons (Fsp3) is 0.696. The summed E-state index contributed by atoms with van der Waals surface area (Å²) in [6, 6.07) is -1.10. The molecule has 3 heterocycles. The molecule has 1 aliphatic heterocycles. The second-order valence-corrected chi connectivity index (χ2v) is 11.5. The average molecular weight is 590 g/mol. The molecule has 17 heteroatoms. The van der Waals surface area contributed by atoms with Crippen LogP contribution in [0.5, 0.6) is 5.88 Å². The summed E-state index contributed by atoms with van der Waals surface area (Å²) in [6.07, 6.45) is -2.41. The van der Waals surface area contributed by atoms with Crippen molar-refractivity contribution in [1.29, 1.82) is 0 Å². The summed E-state index contributed by atoms with van der Waals surface area (Å²) in [5.41, 5.74) is -1.29. The largest absolute Gasteiger partial charge is 0.479 e. The standard InChI is InChI=1S/C23H36N5O11P/c1-12(2)8-14(21(31)36-7)27-40(33,38-10-16(29)34-5)37-9-15-18(30)23(4,32)22(39-15)28-11-24-17-19(28)25-13(3)26-20(17)35-6/h11-12,14-15,18,22,30,32H,8-10H2,1-7H3,(H,27,33)/t14-,15+,18?,22+,23-,40?/m0/s1. The molecule has 40 heavy (non-hydrogen) atoms. The smallest absolute Gasteiger partial charge is 0.406 e. The Labute approximate surface area is 230 Å². The zero-order valence-electron chi connectivity index (χ0n) is 23.4. The molecule has 0 radical (unpaired) electrons. The van der Waals surface area contributed by atoms with Gasteiger partial charge in [0.1, 0.15) is 29.7 Å². The minimum absolute atomic E-state index is 0.0161. The van der Waals surface area contributed by atoms with Gasteiger partial charge in [-0.25, -0.2) is 24.4 Å². The van der Waals surface area contributed by atoms with E-state index in [0.29, 0.717) is 11.3 Å². The van der Waals surface area contributed by atoms with Gasteiger partial charge in [0, 0.05) is 0 Å². The molecule has 2 aromatic heterocycles. The number of nitrogens with one attached hydrogen (secondary N) is 1. The second kappa shape index (κ2) is 12.9. The molecule has 0 bridgehead atoms. The van der Waals surface area contributed by atoms with Crippen LogP contribution in [0.1, 0.15) is 39.2 Å². The zero-order valence-corrected chi connectivity index (χ0v) is 24.3. The normalized spacial score (nSPS) is 25.1. The van der Waals surface area contributed by atoms with E-state index in [0.717, 1.165) is 7.11 Å². The van der Waals surface area contributed by atoms with Crippen LogP contribution in [0.2, 0.25) is 0 Å². The van der Waals surface area contributed by atoms with Crippen molar-refractivity contribution in [3.05, 3.63) is 12.2 Å². The Morgan fingerprint density at radius 1 is 1.23 bits per heavy atom. The van der Waals surface area contributed by atoms with E-state index in [1.165, 1.54) is 32.0 Å². The Kier molecular flexibility index (Phi) is 10.2. The summed E-state index contributed by atoms with van der Waals surface area (Å²) < 4.78 is 46.4. The lowest BCUT2D eigenvalue weighted by Crippen LogP contribution is -2.44. The lowest BCUT2D eigenvalue weighted by atomic mass is 9.96. The van der Waals surface area contributed by atoms with Crippen molar-refractivity contribution in [2.75, 3.05) is 34.5 Å². The average Bonchev–Trinajstić information content (AvgIpc) is 3.42. The van der Waals surface area contributed by atoms with Crippen LogP contribution in [-0.2, 0) is 37.4 Å². The number of imidazole rings is 1. The number of hydrogen-bond donors (Lipinski definition) is 3. The lowest BCUT2D eigenvalue weighted by molar-refractivity contribution is -0.143. The van der Waals surface area contributed by atoms with Gasteiger partial charge in [0.2, 0.25) is 5.88 Å². The predicted octanol–water partition coefficient (Wildman–Crippen LogP) is 0.644. The van der Waals surface area contributed by atoms with E-state index in [1.54, 1.807) is 6.92 Å². The van der Waals surface area contributed by atoms with Gasteiger partial charge in [-0.1, -0.05) is 13.8 Å². The third kappa shape index (κ3) is 6.94. The van der Waals surface area contributed by atoms with Crippen LogP contribution in [0.3, 0.4) is 0 Å². The van der Waals surface area contributed by atoms with Crippen LogP contribution in [0, 0.1) is 12.8 Å². The fourth-order valence-corrected chi connectivity index (χ4v) is 5.61. The molecule has 16 nitrogen and oxygen atoms in total. The molecule has 6 atom stereocenters.